The average molecular weight is 613 g/mol. The van der Waals surface area contributed by atoms with Crippen LogP contribution in [0.5, 0.6) is 5.75 Å². The molecule has 1 aliphatic rings. The van der Waals surface area contributed by atoms with Crippen LogP contribution in [0.25, 0.3) is 6.08 Å². The number of anilines is 2. The van der Waals surface area contributed by atoms with E-state index in [4.69, 9.17) is 16.3 Å². The number of thioether (sulfide) groups is 1. The molecule has 1 fully saturated rings. The zero-order valence-electron chi connectivity index (χ0n) is 22.6. The largest absolute Gasteiger partial charge is 0.483 e. The molecular weight excluding hydrogens is 587 g/mol. The predicted octanol–water partition coefficient (Wildman–Crippen LogP) is 6.49. The van der Waals surface area contributed by atoms with E-state index in [0.717, 1.165) is 28.4 Å². The Morgan fingerprint density at radius 1 is 1.14 bits per heavy atom. The highest BCUT2D eigenvalue weighted by atomic mass is 35.5. The van der Waals surface area contributed by atoms with Gasteiger partial charge in [-0.05, 0) is 67.6 Å². The first-order chi connectivity index (χ1) is 20.1. The van der Waals surface area contributed by atoms with Crippen LogP contribution in [-0.4, -0.2) is 46.6 Å². The van der Waals surface area contributed by atoms with Gasteiger partial charge < -0.3 is 15.0 Å². The summed E-state index contributed by atoms with van der Waals surface area (Å²) in [7, 11) is 0. The third kappa shape index (κ3) is 7.25. The van der Waals surface area contributed by atoms with Crippen molar-refractivity contribution in [1.82, 2.24) is 4.90 Å². The van der Waals surface area contributed by atoms with Crippen LogP contribution in [-0.2, 0) is 16.1 Å². The lowest BCUT2D eigenvalue weighted by molar-refractivity contribution is -0.384. The summed E-state index contributed by atoms with van der Waals surface area (Å²) < 4.78 is 19.3. The van der Waals surface area contributed by atoms with Gasteiger partial charge in [0.05, 0.1) is 16.4 Å². The van der Waals surface area contributed by atoms with Gasteiger partial charge in [-0.15, -0.1) is 0 Å². The molecule has 1 N–H and O–H groups in total. The number of amides is 3. The number of nitro groups is 1. The predicted molar refractivity (Wildman–Crippen MR) is 160 cm³/mol. The van der Waals surface area contributed by atoms with E-state index in [0.29, 0.717) is 30.0 Å². The van der Waals surface area contributed by atoms with Crippen LogP contribution in [0.2, 0.25) is 5.02 Å². The number of rotatable bonds is 11. The van der Waals surface area contributed by atoms with Crippen LogP contribution in [0.1, 0.15) is 25.0 Å². The topological polar surface area (TPSA) is 122 Å². The van der Waals surface area contributed by atoms with Gasteiger partial charge >= 0.3 is 0 Å². The van der Waals surface area contributed by atoms with Crippen molar-refractivity contribution in [1.29, 1.82) is 0 Å². The second kappa shape index (κ2) is 13.5. The average Bonchev–Trinajstić information content (AvgIpc) is 3.22. The van der Waals surface area contributed by atoms with Crippen molar-refractivity contribution in [3.8, 4) is 5.75 Å². The minimum Gasteiger partial charge on any atom is -0.483 e. The Labute approximate surface area is 250 Å². The van der Waals surface area contributed by atoms with Gasteiger partial charge in [-0.1, -0.05) is 23.7 Å². The molecule has 0 saturated carbocycles. The number of halogens is 2. The molecule has 1 saturated heterocycles. The van der Waals surface area contributed by atoms with Crippen molar-refractivity contribution >= 4 is 63.6 Å². The van der Waals surface area contributed by atoms with Crippen molar-refractivity contribution in [2.24, 2.45) is 0 Å². The molecule has 13 heteroatoms. The number of ether oxygens (including phenoxy) is 1. The van der Waals surface area contributed by atoms with Gasteiger partial charge in [0, 0.05) is 53.2 Å². The fourth-order valence-electron chi connectivity index (χ4n) is 4.19. The molecule has 0 atom stereocenters. The Balaban J connectivity index is 1.56. The monoisotopic (exact) mass is 612 g/mol. The summed E-state index contributed by atoms with van der Waals surface area (Å²) in [5.74, 6) is -1.34. The highest BCUT2D eigenvalue weighted by Crippen LogP contribution is 2.36. The van der Waals surface area contributed by atoms with Gasteiger partial charge in [-0.3, -0.25) is 29.4 Å². The standard InChI is InChI=1S/C29H26ClFN4O6S/c1-3-33(4-2)22-11-9-18(25(15-22)41-17-27(36)32-21-6-5-7-23(14-21)35(39)40)12-26-28(37)34(29(38)42-26)16-19-8-10-20(31)13-24(19)30/h5-15H,3-4,16-17H2,1-2H3,(H,32,36)/b26-12-. The Kier molecular flexibility index (Phi) is 9.81. The Hall–Kier alpha value is -4.42. The van der Waals surface area contributed by atoms with E-state index in [9.17, 15) is 28.9 Å². The Morgan fingerprint density at radius 3 is 2.60 bits per heavy atom. The quantitative estimate of drug-likeness (QED) is 0.148. The molecule has 0 radical (unpaired) electrons. The second-order valence-corrected chi connectivity index (χ2v) is 10.4. The summed E-state index contributed by atoms with van der Waals surface area (Å²) in [5, 5.41) is 13.2. The molecular formula is C29H26ClFN4O6S. The first kappa shape index (κ1) is 30.5. The normalized spacial score (nSPS) is 13.9. The number of carbonyl (C=O) groups is 3. The lowest BCUT2D eigenvalue weighted by atomic mass is 10.1. The number of imide groups is 1. The van der Waals surface area contributed by atoms with Crippen LogP contribution < -0.4 is 15.0 Å². The van der Waals surface area contributed by atoms with Crippen molar-refractivity contribution in [3.63, 3.8) is 0 Å². The molecule has 3 amide bonds. The summed E-state index contributed by atoms with van der Waals surface area (Å²) >= 11 is 6.84. The zero-order valence-corrected chi connectivity index (χ0v) is 24.2. The molecule has 3 aromatic carbocycles. The first-order valence-electron chi connectivity index (χ1n) is 12.8. The maximum atomic E-state index is 13.4. The van der Waals surface area contributed by atoms with Gasteiger partial charge in [0.25, 0.3) is 22.7 Å². The number of carbonyl (C=O) groups excluding carboxylic acids is 3. The zero-order chi connectivity index (χ0) is 30.4. The fraction of sp³-hybridized carbons (Fsp3) is 0.207. The van der Waals surface area contributed by atoms with Crippen molar-refractivity contribution in [3.05, 3.63) is 97.6 Å². The molecule has 0 bridgehead atoms. The SMILES string of the molecule is CCN(CC)c1ccc(/C=C2\SC(=O)N(Cc3ccc(F)cc3Cl)C2=O)c(OCC(=O)Nc2cccc([N+](=O)[O-])c2)c1. The molecule has 0 unspecified atom stereocenters. The Morgan fingerprint density at radius 2 is 1.90 bits per heavy atom. The molecule has 3 aromatic rings. The molecule has 1 aliphatic heterocycles. The van der Waals surface area contributed by atoms with Gasteiger partial charge in [0.1, 0.15) is 11.6 Å². The third-order valence-corrected chi connectivity index (χ3v) is 7.59. The Bertz CT molecular complexity index is 1580. The van der Waals surface area contributed by atoms with E-state index in [1.165, 1.54) is 42.5 Å². The molecule has 10 nitrogen and oxygen atoms in total. The van der Waals surface area contributed by atoms with Crippen molar-refractivity contribution in [2.75, 3.05) is 29.9 Å². The lowest BCUT2D eigenvalue weighted by Gasteiger charge is -2.22. The van der Waals surface area contributed by atoms with E-state index in [1.54, 1.807) is 12.1 Å². The number of nitrogens with zero attached hydrogens (tertiary/aromatic N) is 3. The van der Waals surface area contributed by atoms with Crippen molar-refractivity contribution in [2.45, 2.75) is 20.4 Å². The minimum absolute atomic E-state index is 0.101. The number of non-ortho nitro benzene ring substituents is 1. The summed E-state index contributed by atoms with van der Waals surface area (Å²) in [6, 6.07) is 14.6. The van der Waals surface area contributed by atoms with Crippen LogP contribution in [0.4, 0.5) is 26.2 Å². The maximum absolute atomic E-state index is 13.4. The van der Waals surface area contributed by atoms with Gasteiger partial charge in [-0.25, -0.2) is 4.39 Å². The maximum Gasteiger partial charge on any atom is 0.293 e. The van der Waals surface area contributed by atoms with Crippen molar-refractivity contribution < 1.29 is 28.4 Å². The highest BCUT2D eigenvalue weighted by molar-refractivity contribution is 8.18. The molecule has 218 valence electrons. The lowest BCUT2D eigenvalue weighted by Crippen LogP contribution is -2.27. The molecule has 0 aromatic heterocycles. The van der Waals surface area contributed by atoms with Crippen LogP contribution >= 0.6 is 23.4 Å². The van der Waals surface area contributed by atoms with Gasteiger partial charge in [0.15, 0.2) is 6.61 Å². The van der Waals surface area contributed by atoms with Crippen LogP contribution in [0.3, 0.4) is 0 Å². The first-order valence-corrected chi connectivity index (χ1v) is 14.0. The number of nitro benzene ring substituents is 1. The van der Waals surface area contributed by atoms with E-state index in [1.807, 2.05) is 19.9 Å². The number of hydrogen-bond acceptors (Lipinski definition) is 8. The molecule has 0 spiro atoms. The fourth-order valence-corrected chi connectivity index (χ4v) is 5.24. The van der Waals surface area contributed by atoms with Gasteiger partial charge in [0.2, 0.25) is 0 Å². The summed E-state index contributed by atoms with van der Waals surface area (Å²) in [4.78, 5) is 52.2. The van der Waals surface area contributed by atoms with Crippen LogP contribution in [0.15, 0.2) is 65.6 Å². The number of hydrogen-bond donors (Lipinski definition) is 1. The van der Waals surface area contributed by atoms with E-state index < -0.39 is 34.4 Å². The third-order valence-electron chi connectivity index (χ3n) is 6.33. The molecule has 4 rings (SSSR count). The summed E-state index contributed by atoms with van der Waals surface area (Å²) in [5.41, 5.74) is 1.78. The molecule has 0 aliphatic carbocycles. The molecule has 1 heterocycles. The highest BCUT2D eigenvalue weighted by Gasteiger charge is 2.35. The molecule has 42 heavy (non-hydrogen) atoms. The minimum atomic E-state index is -0.562. The van der Waals surface area contributed by atoms with Gasteiger partial charge in [-0.2, -0.15) is 0 Å². The summed E-state index contributed by atoms with van der Waals surface area (Å²) in [6.45, 7) is 4.88. The summed E-state index contributed by atoms with van der Waals surface area (Å²) in [6.07, 6.45) is 1.51. The van der Waals surface area contributed by atoms with E-state index in [-0.39, 0.29) is 27.8 Å². The van der Waals surface area contributed by atoms with E-state index >= 15 is 0 Å². The number of benzene rings is 3. The van der Waals surface area contributed by atoms with E-state index in [2.05, 4.69) is 10.2 Å². The second-order valence-electron chi connectivity index (χ2n) is 9.04. The smallest absolute Gasteiger partial charge is 0.293 e. The number of nitrogens with one attached hydrogen (secondary N) is 1. The van der Waals surface area contributed by atoms with Crippen LogP contribution in [0, 0.1) is 15.9 Å².